The van der Waals surface area contributed by atoms with Crippen molar-refractivity contribution in [3.05, 3.63) is 114 Å². The van der Waals surface area contributed by atoms with E-state index in [-0.39, 0.29) is 10.5 Å². The van der Waals surface area contributed by atoms with Crippen LogP contribution in [-0.4, -0.2) is 95.2 Å². The van der Waals surface area contributed by atoms with Crippen molar-refractivity contribution in [2.75, 3.05) is 69.2 Å². The monoisotopic (exact) mass is 861 g/mol. The van der Waals surface area contributed by atoms with Crippen molar-refractivity contribution < 1.29 is 22.7 Å². The van der Waals surface area contributed by atoms with Gasteiger partial charge in [-0.3, -0.25) is 14.6 Å². The maximum atomic E-state index is 13.9. The van der Waals surface area contributed by atoms with Gasteiger partial charge in [-0.2, -0.15) is 0 Å². The number of ether oxygens (including phenoxy) is 2. The second-order valence-corrected chi connectivity index (χ2v) is 20.5. The SMILES string of the molecule is Cc1cc(S(=O)(=O)NC(=O)c2ccc(N3CCC(N(CCCc4ccccc4)[C@H]4C[C@H]5C[C@@H]([C@@H]4C)C5(C)C)CC3)cc2Oc2ccccc2)ccc1NCCCN1CCOCC1. The van der Waals surface area contributed by atoms with Crippen LogP contribution in [0.2, 0.25) is 0 Å². The van der Waals surface area contributed by atoms with Crippen LogP contribution in [0.4, 0.5) is 11.4 Å². The third kappa shape index (κ3) is 10.2. The number of nitrogens with one attached hydrogen (secondary N) is 2. The van der Waals surface area contributed by atoms with E-state index in [0.29, 0.717) is 34.9 Å². The third-order valence-electron chi connectivity index (χ3n) is 14.7. The smallest absolute Gasteiger partial charge is 0.268 e. The number of amides is 1. The Balaban J connectivity index is 0.935. The Labute approximate surface area is 370 Å². The molecule has 4 aromatic carbocycles. The molecule has 11 heteroatoms. The van der Waals surface area contributed by atoms with Crippen molar-refractivity contribution in [2.24, 2.45) is 23.2 Å². The number of fused-ring (bicyclic) bond motifs is 2. The molecule has 2 aliphatic heterocycles. The molecule has 5 fully saturated rings. The number of para-hydroxylation sites is 1. The van der Waals surface area contributed by atoms with Gasteiger partial charge in [-0.25, -0.2) is 13.1 Å². The Kier molecular flexibility index (Phi) is 13.9. The van der Waals surface area contributed by atoms with Gasteiger partial charge in [0, 0.05) is 62.2 Å². The molecule has 9 rings (SSSR count). The average molecular weight is 862 g/mol. The molecule has 2 saturated heterocycles. The summed E-state index contributed by atoms with van der Waals surface area (Å²) in [5, 5.41) is 3.44. The normalized spacial score (nSPS) is 22.8. The van der Waals surface area contributed by atoms with Crippen molar-refractivity contribution in [1.82, 2.24) is 14.5 Å². The number of sulfonamides is 1. The predicted molar refractivity (Wildman–Crippen MR) is 249 cm³/mol. The van der Waals surface area contributed by atoms with Gasteiger partial charge in [0.05, 0.1) is 23.7 Å². The summed E-state index contributed by atoms with van der Waals surface area (Å²) in [6, 6.07) is 31.8. The fourth-order valence-corrected chi connectivity index (χ4v) is 12.0. The van der Waals surface area contributed by atoms with Gasteiger partial charge < -0.3 is 19.7 Å². The zero-order chi connectivity index (χ0) is 43.3. The lowest BCUT2D eigenvalue weighted by Crippen LogP contribution is -2.63. The van der Waals surface area contributed by atoms with Crippen LogP contribution in [0.3, 0.4) is 0 Å². The highest BCUT2D eigenvalue weighted by atomic mass is 32.2. The van der Waals surface area contributed by atoms with Crippen LogP contribution in [-0.2, 0) is 21.2 Å². The average Bonchev–Trinajstić information content (AvgIpc) is 3.28. The van der Waals surface area contributed by atoms with E-state index in [4.69, 9.17) is 9.47 Å². The molecule has 5 aliphatic rings. The molecule has 2 heterocycles. The van der Waals surface area contributed by atoms with E-state index in [1.807, 2.05) is 49.4 Å². The van der Waals surface area contributed by atoms with E-state index >= 15 is 0 Å². The third-order valence-corrected chi connectivity index (χ3v) is 16.1. The van der Waals surface area contributed by atoms with E-state index in [1.165, 1.54) is 18.4 Å². The van der Waals surface area contributed by atoms with Crippen LogP contribution in [0.1, 0.15) is 80.8 Å². The van der Waals surface area contributed by atoms with Crippen LogP contribution in [0, 0.1) is 30.1 Å². The Morgan fingerprint density at radius 2 is 1.61 bits per heavy atom. The van der Waals surface area contributed by atoms with E-state index < -0.39 is 15.9 Å². The van der Waals surface area contributed by atoms with E-state index in [1.54, 1.807) is 24.3 Å². The number of morpholine rings is 1. The number of nitrogens with zero attached hydrogens (tertiary/aromatic N) is 3. The lowest BCUT2D eigenvalue weighted by Gasteiger charge is -2.64. The van der Waals surface area contributed by atoms with Gasteiger partial charge >= 0.3 is 0 Å². The first-order chi connectivity index (χ1) is 30.0. The van der Waals surface area contributed by atoms with Crippen molar-refractivity contribution >= 4 is 27.3 Å². The molecule has 62 heavy (non-hydrogen) atoms. The molecule has 4 atom stereocenters. The fraction of sp³-hybridized carbons (Fsp3) is 0.510. The number of anilines is 2. The second kappa shape index (κ2) is 19.5. The minimum absolute atomic E-state index is 0.0321. The molecule has 0 radical (unpaired) electrons. The largest absolute Gasteiger partial charge is 0.456 e. The molecule has 0 spiro atoms. The number of rotatable bonds is 17. The summed E-state index contributed by atoms with van der Waals surface area (Å²) < 4.78 is 41.5. The van der Waals surface area contributed by atoms with Gasteiger partial charge in [0.2, 0.25) is 0 Å². The van der Waals surface area contributed by atoms with Crippen molar-refractivity contribution in [3.63, 3.8) is 0 Å². The van der Waals surface area contributed by atoms with Gasteiger partial charge in [-0.05, 0) is 142 Å². The number of hydrogen-bond acceptors (Lipinski definition) is 9. The summed E-state index contributed by atoms with van der Waals surface area (Å²) in [4.78, 5) is 21.6. The number of carbonyl (C=O) groups excluding carboxylic acids is 1. The van der Waals surface area contributed by atoms with Gasteiger partial charge in [0.25, 0.3) is 15.9 Å². The highest BCUT2D eigenvalue weighted by Crippen LogP contribution is 2.62. The zero-order valence-electron chi connectivity index (χ0n) is 37.2. The van der Waals surface area contributed by atoms with Crippen molar-refractivity contribution in [1.29, 1.82) is 0 Å². The second-order valence-electron chi connectivity index (χ2n) is 18.8. The first kappa shape index (κ1) is 44.2. The first-order valence-electron chi connectivity index (χ1n) is 23.1. The molecular weight excluding hydrogens is 795 g/mol. The molecule has 1 amide bonds. The number of carbonyl (C=O) groups is 1. The van der Waals surface area contributed by atoms with Gasteiger partial charge in [-0.1, -0.05) is 69.3 Å². The number of piperidine rings is 1. The van der Waals surface area contributed by atoms with Crippen LogP contribution in [0.15, 0.2) is 102 Å². The maximum absolute atomic E-state index is 13.9. The molecular formula is C51H67N5O5S. The standard InChI is InChI=1S/C51H67N5O5S/c1-37-33-44(19-21-47(37)52-24-12-25-54-29-31-60-32-30-54)62(58,59)53-50(57)45-20-18-42(36-49(45)61-43-16-9-6-10-17-43)55-27-22-41(23-28-55)56(26-11-15-39-13-7-5-8-14-39)48-35-40-34-46(38(48)2)51(40,3)4/h5-10,13-14,16-21,33,36,38,40-41,46,48,52H,11-12,15,22-32,34-35H2,1-4H3,(H,53,57)/t38-,40+,46-,48-/m0/s1. The Hall–Kier alpha value is -4.42. The van der Waals surface area contributed by atoms with Crippen LogP contribution < -0.4 is 19.7 Å². The van der Waals surface area contributed by atoms with Gasteiger partial charge in [-0.15, -0.1) is 0 Å². The Bertz CT molecular complexity index is 2220. The minimum atomic E-state index is -4.18. The van der Waals surface area contributed by atoms with E-state index in [9.17, 15) is 13.2 Å². The van der Waals surface area contributed by atoms with Crippen molar-refractivity contribution in [3.8, 4) is 11.5 Å². The maximum Gasteiger partial charge on any atom is 0.268 e. The molecule has 3 aliphatic carbocycles. The summed E-state index contributed by atoms with van der Waals surface area (Å²) >= 11 is 0. The summed E-state index contributed by atoms with van der Waals surface area (Å²) in [5.74, 6) is 2.44. The lowest BCUT2D eigenvalue weighted by atomic mass is 9.44. The minimum Gasteiger partial charge on any atom is -0.456 e. The zero-order valence-corrected chi connectivity index (χ0v) is 38.0. The molecule has 3 saturated carbocycles. The molecule has 10 nitrogen and oxygen atoms in total. The van der Waals surface area contributed by atoms with Crippen LogP contribution in [0.5, 0.6) is 11.5 Å². The molecule has 0 unspecified atom stereocenters. The highest BCUT2D eigenvalue weighted by Gasteiger charge is 2.57. The van der Waals surface area contributed by atoms with Crippen molar-refractivity contribution in [2.45, 2.75) is 89.6 Å². The molecule has 4 aromatic rings. The quantitative estimate of drug-likeness (QED) is 0.101. The molecule has 332 valence electrons. The Morgan fingerprint density at radius 1 is 0.887 bits per heavy atom. The molecule has 2 N–H and O–H groups in total. The lowest BCUT2D eigenvalue weighted by molar-refractivity contribution is -0.145. The topological polar surface area (TPSA) is 103 Å². The van der Waals surface area contributed by atoms with Crippen LogP contribution >= 0.6 is 0 Å². The number of benzene rings is 4. The van der Waals surface area contributed by atoms with Gasteiger partial charge in [0.15, 0.2) is 0 Å². The predicted octanol–water partition coefficient (Wildman–Crippen LogP) is 9.01. The number of aryl methyl sites for hydroxylation is 2. The van der Waals surface area contributed by atoms with Gasteiger partial charge in [0.1, 0.15) is 11.5 Å². The Morgan fingerprint density at radius 3 is 2.31 bits per heavy atom. The van der Waals surface area contributed by atoms with E-state index in [0.717, 1.165) is 120 Å². The first-order valence-corrected chi connectivity index (χ1v) is 24.6. The molecule has 2 bridgehead atoms. The highest BCUT2D eigenvalue weighted by molar-refractivity contribution is 7.90. The summed E-state index contributed by atoms with van der Waals surface area (Å²) in [6.07, 6.45) is 8.02. The number of hydrogen-bond donors (Lipinski definition) is 2. The van der Waals surface area contributed by atoms with Crippen LogP contribution in [0.25, 0.3) is 0 Å². The summed E-state index contributed by atoms with van der Waals surface area (Å²) in [6.45, 7) is 17.5. The van der Waals surface area contributed by atoms with E-state index in [2.05, 4.69) is 75.8 Å². The molecule has 0 aromatic heterocycles. The summed E-state index contributed by atoms with van der Waals surface area (Å²) in [7, 11) is -4.18. The summed E-state index contributed by atoms with van der Waals surface area (Å²) in [5.41, 5.74) is 4.64. The fourth-order valence-electron chi connectivity index (χ4n) is 10.9.